The molecule has 0 spiro atoms. The first-order valence-corrected chi connectivity index (χ1v) is 17.1. The molecule has 10 nitrogen and oxygen atoms in total. The number of ether oxygens (including phenoxy) is 2. The molecule has 1 saturated carbocycles. The summed E-state index contributed by atoms with van der Waals surface area (Å²) in [4.78, 5) is 34.1. The van der Waals surface area contributed by atoms with Crippen LogP contribution in [0.4, 0.5) is 0 Å². The fraction of sp³-hybridized carbons (Fsp3) is 0.487. The zero-order valence-electron chi connectivity index (χ0n) is 29.7. The zero-order valence-corrected chi connectivity index (χ0v) is 29.7. The Kier molecular flexibility index (Phi) is 11.3. The van der Waals surface area contributed by atoms with E-state index in [0.717, 1.165) is 40.8 Å². The van der Waals surface area contributed by atoms with Crippen molar-refractivity contribution in [3.63, 3.8) is 0 Å². The van der Waals surface area contributed by atoms with Gasteiger partial charge in [-0.25, -0.2) is 0 Å². The first kappa shape index (κ1) is 36.3. The van der Waals surface area contributed by atoms with Crippen LogP contribution in [0.25, 0.3) is 11.1 Å². The molecule has 2 fully saturated rings. The SMILES string of the molecule is COc1ccc(COc2c(CN3OC(CO)[C@@H](O)[C@H]3C(=O)N[C@H]3CCC(C)(C)[C@@H](C)C3C)cccc2-c2ccc(C(=O)N(C)C)cc2)cc1. The van der Waals surface area contributed by atoms with Gasteiger partial charge in [0.1, 0.15) is 36.4 Å². The summed E-state index contributed by atoms with van der Waals surface area (Å²) in [6.45, 7) is 8.88. The molecule has 1 aliphatic carbocycles. The zero-order chi connectivity index (χ0) is 35.5. The van der Waals surface area contributed by atoms with Crippen molar-refractivity contribution in [1.29, 1.82) is 0 Å². The first-order chi connectivity index (χ1) is 23.3. The lowest BCUT2D eigenvalue weighted by Crippen LogP contribution is -2.55. The van der Waals surface area contributed by atoms with Gasteiger partial charge in [0.25, 0.3) is 5.91 Å². The number of aliphatic hydroxyl groups is 2. The summed E-state index contributed by atoms with van der Waals surface area (Å²) in [7, 11) is 5.05. The number of rotatable bonds is 11. The molecule has 264 valence electrons. The number of nitrogens with one attached hydrogen (secondary N) is 1. The number of amides is 2. The number of methoxy groups -OCH3 is 1. The number of aliphatic hydroxyl groups excluding tert-OH is 2. The maximum Gasteiger partial charge on any atom is 0.253 e. The fourth-order valence-electron chi connectivity index (χ4n) is 6.99. The van der Waals surface area contributed by atoms with Crippen LogP contribution in [0.5, 0.6) is 11.5 Å². The standard InChI is InChI=1S/C39H51N3O7/c1-24-25(2)39(3,4)20-19-32(24)40-37(45)34-35(44)33(22-43)49-42(34)21-29-9-8-10-31(27-13-15-28(16-14-27)38(46)41(5)6)36(29)48-23-26-11-17-30(47-7)18-12-26/h8-18,24-25,32-35,43-44H,19-23H2,1-7H3,(H,40,45)/t24?,25-,32-,33?,34-,35+/m0/s1. The third kappa shape index (κ3) is 7.94. The van der Waals surface area contributed by atoms with Crippen molar-refractivity contribution in [3.05, 3.63) is 83.4 Å². The Balaban J connectivity index is 1.45. The van der Waals surface area contributed by atoms with Crippen LogP contribution in [0.3, 0.4) is 0 Å². The maximum atomic E-state index is 13.9. The van der Waals surface area contributed by atoms with E-state index in [1.54, 1.807) is 33.3 Å². The lowest BCUT2D eigenvalue weighted by Gasteiger charge is -2.45. The number of benzene rings is 3. The molecule has 1 heterocycles. The molecule has 49 heavy (non-hydrogen) atoms. The van der Waals surface area contributed by atoms with Crippen molar-refractivity contribution in [2.24, 2.45) is 17.3 Å². The molecule has 10 heteroatoms. The van der Waals surface area contributed by atoms with Gasteiger partial charge in [0.15, 0.2) is 0 Å². The Hall–Kier alpha value is -3.96. The minimum absolute atomic E-state index is 0.0354. The van der Waals surface area contributed by atoms with E-state index in [2.05, 4.69) is 33.0 Å². The number of carbonyl (C=O) groups is 2. The van der Waals surface area contributed by atoms with Crippen LogP contribution in [0.1, 0.15) is 62.0 Å². The summed E-state index contributed by atoms with van der Waals surface area (Å²) < 4.78 is 11.8. The van der Waals surface area contributed by atoms with E-state index in [4.69, 9.17) is 14.3 Å². The summed E-state index contributed by atoms with van der Waals surface area (Å²) in [6, 6.07) is 19.6. The van der Waals surface area contributed by atoms with E-state index in [0.29, 0.717) is 17.2 Å². The summed E-state index contributed by atoms with van der Waals surface area (Å²) in [5.74, 6) is 1.55. The molecule has 1 saturated heterocycles. The predicted molar refractivity (Wildman–Crippen MR) is 188 cm³/mol. The van der Waals surface area contributed by atoms with Crippen LogP contribution in [0.2, 0.25) is 0 Å². The van der Waals surface area contributed by atoms with Crippen LogP contribution in [-0.2, 0) is 22.8 Å². The Morgan fingerprint density at radius 1 is 1.04 bits per heavy atom. The van der Waals surface area contributed by atoms with Crippen LogP contribution in [0.15, 0.2) is 66.7 Å². The average Bonchev–Trinajstić information content (AvgIpc) is 3.42. The topological polar surface area (TPSA) is 121 Å². The molecule has 2 unspecified atom stereocenters. The Bertz CT molecular complexity index is 1590. The van der Waals surface area contributed by atoms with Crippen LogP contribution >= 0.6 is 0 Å². The van der Waals surface area contributed by atoms with Gasteiger partial charge >= 0.3 is 0 Å². The van der Waals surface area contributed by atoms with Crippen LogP contribution in [0, 0.1) is 17.3 Å². The summed E-state index contributed by atoms with van der Waals surface area (Å²) in [6.07, 6.45) is -0.346. The second kappa shape index (κ2) is 15.3. The van der Waals surface area contributed by atoms with Gasteiger partial charge in [-0.05, 0) is 65.5 Å². The highest BCUT2D eigenvalue weighted by molar-refractivity contribution is 5.94. The second-order valence-electron chi connectivity index (χ2n) is 14.3. The van der Waals surface area contributed by atoms with Gasteiger partial charge in [0.2, 0.25) is 5.91 Å². The number of hydroxylamine groups is 2. The molecular weight excluding hydrogens is 622 g/mol. The normalized spacial score (nSPS) is 25.1. The van der Waals surface area contributed by atoms with Crippen molar-refractivity contribution >= 4 is 11.8 Å². The van der Waals surface area contributed by atoms with E-state index in [9.17, 15) is 19.8 Å². The molecule has 3 aromatic rings. The lowest BCUT2D eigenvalue weighted by molar-refractivity contribution is -0.182. The summed E-state index contributed by atoms with van der Waals surface area (Å²) in [5.41, 5.74) is 4.04. The van der Waals surface area contributed by atoms with Crippen molar-refractivity contribution in [3.8, 4) is 22.6 Å². The van der Waals surface area contributed by atoms with Gasteiger partial charge in [0.05, 0.1) is 20.3 Å². The minimum atomic E-state index is -1.23. The Morgan fingerprint density at radius 2 is 1.73 bits per heavy atom. The molecule has 5 rings (SSSR count). The van der Waals surface area contributed by atoms with E-state index < -0.39 is 24.9 Å². The molecule has 3 aromatic carbocycles. The highest BCUT2D eigenvalue weighted by Gasteiger charge is 2.48. The summed E-state index contributed by atoms with van der Waals surface area (Å²) >= 11 is 0. The van der Waals surface area contributed by atoms with Crippen molar-refractivity contribution < 1.29 is 34.1 Å². The Labute approximate surface area is 289 Å². The third-order valence-corrected chi connectivity index (χ3v) is 10.6. The van der Waals surface area contributed by atoms with Crippen molar-refractivity contribution in [2.45, 2.75) is 78.0 Å². The van der Waals surface area contributed by atoms with Gasteiger partial charge in [0, 0.05) is 36.8 Å². The van der Waals surface area contributed by atoms with Crippen LogP contribution in [-0.4, -0.2) is 84.1 Å². The number of para-hydroxylation sites is 1. The van der Waals surface area contributed by atoms with Gasteiger partial charge in [-0.3, -0.25) is 14.4 Å². The molecule has 0 radical (unpaired) electrons. The predicted octanol–water partition coefficient (Wildman–Crippen LogP) is 5.06. The molecule has 2 amide bonds. The van der Waals surface area contributed by atoms with E-state index >= 15 is 0 Å². The highest BCUT2D eigenvalue weighted by atomic mass is 16.7. The number of carbonyl (C=O) groups excluding carboxylic acids is 2. The molecule has 3 N–H and O–H groups in total. The number of nitrogens with zero attached hydrogens (tertiary/aromatic N) is 2. The average molecular weight is 674 g/mol. The van der Waals surface area contributed by atoms with Crippen molar-refractivity contribution in [1.82, 2.24) is 15.3 Å². The van der Waals surface area contributed by atoms with Gasteiger partial charge in [-0.1, -0.05) is 70.2 Å². The summed E-state index contributed by atoms with van der Waals surface area (Å²) in [5, 5.41) is 26.0. The molecule has 1 aliphatic heterocycles. The maximum absolute atomic E-state index is 13.9. The monoisotopic (exact) mass is 673 g/mol. The molecule has 6 atom stereocenters. The fourth-order valence-corrected chi connectivity index (χ4v) is 6.99. The van der Waals surface area contributed by atoms with Gasteiger partial charge in [-0.2, -0.15) is 5.06 Å². The van der Waals surface area contributed by atoms with E-state index in [1.807, 2.05) is 54.6 Å². The second-order valence-corrected chi connectivity index (χ2v) is 14.3. The third-order valence-electron chi connectivity index (χ3n) is 10.6. The Morgan fingerprint density at radius 3 is 2.37 bits per heavy atom. The minimum Gasteiger partial charge on any atom is -0.497 e. The first-order valence-electron chi connectivity index (χ1n) is 17.1. The smallest absolute Gasteiger partial charge is 0.253 e. The highest BCUT2D eigenvalue weighted by Crippen LogP contribution is 2.44. The molecule has 2 aliphatic rings. The number of hydrogen-bond donors (Lipinski definition) is 3. The van der Waals surface area contributed by atoms with E-state index in [1.165, 1.54) is 9.96 Å². The van der Waals surface area contributed by atoms with E-state index in [-0.39, 0.29) is 42.3 Å². The molecular formula is C39H51N3O7. The molecule has 0 bridgehead atoms. The van der Waals surface area contributed by atoms with Crippen LogP contribution < -0.4 is 14.8 Å². The lowest BCUT2D eigenvalue weighted by atomic mass is 9.63. The van der Waals surface area contributed by atoms with Gasteiger partial charge < -0.3 is 29.9 Å². The largest absolute Gasteiger partial charge is 0.497 e. The van der Waals surface area contributed by atoms with Crippen molar-refractivity contribution in [2.75, 3.05) is 27.8 Å². The number of hydrogen-bond acceptors (Lipinski definition) is 8. The van der Waals surface area contributed by atoms with Gasteiger partial charge in [-0.15, -0.1) is 0 Å². The molecule has 0 aromatic heterocycles. The quantitative estimate of drug-likeness (QED) is 0.259.